The van der Waals surface area contributed by atoms with Crippen LogP contribution in [0.2, 0.25) is 0 Å². The second-order valence-electron chi connectivity index (χ2n) is 10.1. The van der Waals surface area contributed by atoms with Crippen LogP contribution in [0.15, 0.2) is 53.5 Å². The van der Waals surface area contributed by atoms with Crippen molar-refractivity contribution in [3.05, 3.63) is 59.7 Å². The van der Waals surface area contributed by atoms with E-state index >= 15 is 0 Å². The van der Waals surface area contributed by atoms with Gasteiger partial charge in [0.2, 0.25) is 5.95 Å². The highest BCUT2D eigenvalue weighted by Crippen LogP contribution is 2.38. The van der Waals surface area contributed by atoms with E-state index in [-0.39, 0.29) is 11.8 Å². The predicted molar refractivity (Wildman–Crippen MR) is 144 cm³/mol. The van der Waals surface area contributed by atoms with Crippen LogP contribution in [-0.4, -0.2) is 77.4 Å². The van der Waals surface area contributed by atoms with Crippen molar-refractivity contribution in [2.45, 2.75) is 32.2 Å². The molecule has 0 radical (unpaired) electrons. The number of rotatable bonds is 7. The number of piperazine rings is 1. The molecule has 0 saturated carbocycles. The highest BCUT2D eigenvalue weighted by molar-refractivity contribution is 6.26. The van der Waals surface area contributed by atoms with Gasteiger partial charge in [0.05, 0.1) is 24.0 Å². The Hall–Kier alpha value is -3.30. The zero-order valence-corrected chi connectivity index (χ0v) is 21.6. The molecule has 5 rings (SSSR count). The normalized spacial score (nSPS) is 23.2. The van der Waals surface area contributed by atoms with E-state index in [2.05, 4.69) is 79.3 Å². The number of nitrogens with zero attached hydrogens (tertiary/aromatic N) is 6. The van der Waals surface area contributed by atoms with Crippen LogP contribution in [0.4, 0.5) is 11.8 Å². The van der Waals surface area contributed by atoms with Crippen molar-refractivity contribution in [1.29, 1.82) is 0 Å². The van der Waals surface area contributed by atoms with Crippen LogP contribution >= 0.6 is 0 Å². The van der Waals surface area contributed by atoms with E-state index in [1.54, 1.807) is 0 Å². The van der Waals surface area contributed by atoms with Crippen LogP contribution in [0.25, 0.3) is 5.57 Å². The summed E-state index contributed by atoms with van der Waals surface area (Å²) in [5.41, 5.74) is 11.5. The van der Waals surface area contributed by atoms with Gasteiger partial charge in [0.1, 0.15) is 0 Å². The lowest BCUT2D eigenvalue weighted by Crippen LogP contribution is -2.48. The Morgan fingerprint density at radius 1 is 1.28 bits per heavy atom. The summed E-state index contributed by atoms with van der Waals surface area (Å²) < 4.78 is 2.11. The Morgan fingerprint density at radius 3 is 2.86 bits per heavy atom. The maximum atomic E-state index is 6.64. The standard InChI is InChI=1S/C27H37N9/c1-19-17-22(28)24(25(29-2)20-7-5-4-6-8-20)26-21(19)18-30-27(32-26)31-23-9-10-36(33-23)16-15-35-13-11-34(3)12-14-35/h4-7,9-10,18-20H,8,11-17H2,1-3H3,(H3,28,29,30,31,32,33)/p+1/t19-,20?/m1/s1. The quantitative estimate of drug-likeness (QED) is 0.409. The molecule has 4 N–H and O–H groups in total. The average molecular weight is 489 g/mol. The number of allylic oxidation sites excluding steroid dienone is 6. The molecule has 0 spiro atoms. The van der Waals surface area contributed by atoms with E-state index in [1.807, 2.05) is 19.3 Å². The van der Waals surface area contributed by atoms with E-state index in [9.17, 15) is 0 Å². The van der Waals surface area contributed by atoms with Crippen molar-refractivity contribution >= 4 is 23.1 Å². The first kappa shape index (κ1) is 24.4. The third-order valence-corrected chi connectivity index (χ3v) is 7.45. The van der Waals surface area contributed by atoms with E-state index in [0.717, 1.165) is 86.2 Å². The van der Waals surface area contributed by atoms with E-state index in [0.29, 0.717) is 5.95 Å². The molecule has 2 atom stereocenters. The number of nitrogens with two attached hydrogens (primary N) is 1. The first-order valence-electron chi connectivity index (χ1n) is 12.9. The highest BCUT2D eigenvalue weighted by atomic mass is 15.3. The molecule has 1 fully saturated rings. The van der Waals surface area contributed by atoms with Gasteiger partial charge in [0, 0.05) is 62.2 Å². The van der Waals surface area contributed by atoms with Crippen LogP contribution in [0, 0.1) is 5.92 Å². The number of nitrogens with one attached hydrogen (secondary N) is 2. The molecule has 1 aliphatic heterocycles. The van der Waals surface area contributed by atoms with Crippen molar-refractivity contribution in [3.63, 3.8) is 0 Å². The average Bonchev–Trinajstić information content (AvgIpc) is 3.33. The Balaban J connectivity index is 1.33. The number of aliphatic imine (C=N–C) groups is 1. The Kier molecular flexibility index (Phi) is 7.29. The minimum Gasteiger partial charge on any atom is -0.401 e. The fourth-order valence-corrected chi connectivity index (χ4v) is 5.27. The van der Waals surface area contributed by atoms with Gasteiger partial charge in [-0.3, -0.25) is 9.89 Å². The van der Waals surface area contributed by atoms with Crippen LogP contribution in [-0.2, 0) is 6.54 Å². The lowest BCUT2D eigenvalue weighted by molar-refractivity contribution is -0.748. The molecular formula is C27H38N9+. The van der Waals surface area contributed by atoms with Crippen molar-refractivity contribution in [2.24, 2.45) is 16.6 Å². The predicted octanol–water partition coefficient (Wildman–Crippen LogP) is 2.46. The topological polar surface area (TPSA) is 102 Å². The molecule has 2 aromatic heterocycles. The van der Waals surface area contributed by atoms with Crippen LogP contribution < -0.4 is 15.7 Å². The molecular weight excluding hydrogens is 450 g/mol. The number of likely N-dealkylation sites (N-methyl/N-ethyl adjacent to an activating group) is 1. The third kappa shape index (κ3) is 5.27. The Bertz CT molecular complexity index is 1200. The molecule has 0 aromatic carbocycles. The second-order valence-corrected chi connectivity index (χ2v) is 10.1. The number of hydrogen-bond donors (Lipinski definition) is 3. The van der Waals surface area contributed by atoms with E-state index < -0.39 is 0 Å². The summed E-state index contributed by atoms with van der Waals surface area (Å²) in [6, 6.07) is 2.03. The molecule has 190 valence electrons. The minimum atomic E-state index is 0.198. The zero-order chi connectivity index (χ0) is 25.1. The molecule has 2 aromatic rings. The summed E-state index contributed by atoms with van der Waals surface area (Å²) in [4.78, 5) is 19.2. The molecule has 1 unspecified atom stereocenters. The number of hydrogen-bond acceptors (Lipinski definition) is 7. The molecule has 3 heterocycles. The lowest BCUT2D eigenvalue weighted by atomic mass is 9.80. The fourth-order valence-electron chi connectivity index (χ4n) is 5.27. The molecule has 36 heavy (non-hydrogen) atoms. The molecule has 2 aliphatic carbocycles. The molecule has 9 nitrogen and oxygen atoms in total. The first-order chi connectivity index (χ1) is 17.5. The molecule has 3 aliphatic rings. The van der Waals surface area contributed by atoms with Gasteiger partial charge < -0.3 is 16.0 Å². The van der Waals surface area contributed by atoms with Gasteiger partial charge >= 0.3 is 0 Å². The summed E-state index contributed by atoms with van der Waals surface area (Å²) in [6.45, 7) is 8.64. The van der Waals surface area contributed by atoms with Gasteiger partial charge in [-0.25, -0.2) is 9.97 Å². The van der Waals surface area contributed by atoms with Gasteiger partial charge in [0.25, 0.3) is 0 Å². The number of H-pyrrole nitrogens is 1. The largest absolute Gasteiger partial charge is 0.401 e. The van der Waals surface area contributed by atoms with Crippen molar-refractivity contribution in [1.82, 2.24) is 24.9 Å². The van der Waals surface area contributed by atoms with Gasteiger partial charge in [-0.05, 0) is 25.8 Å². The maximum Gasteiger partial charge on any atom is 0.229 e. The number of aromatic amines is 1. The molecule has 0 amide bonds. The number of anilines is 2. The molecule has 1 saturated heterocycles. The fraction of sp³-hybridized carbons (Fsp3) is 0.481. The second kappa shape index (κ2) is 10.8. The monoisotopic (exact) mass is 488 g/mol. The third-order valence-electron chi connectivity index (χ3n) is 7.45. The van der Waals surface area contributed by atoms with Crippen molar-refractivity contribution in [2.75, 3.05) is 52.1 Å². The van der Waals surface area contributed by atoms with Crippen LogP contribution in [0.5, 0.6) is 0 Å². The van der Waals surface area contributed by atoms with Crippen LogP contribution in [0.1, 0.15) is 36.9 Å². The Labute approximate surface area is 213 Å². The first-order valence-corrected chi connectivity index (χ1v) is 12.9. The SMILES string of the molecule is CN=C(C1=C(N)C[C@@H](C)c2cnc(Nc3cc[n+](CCN4CCN(C)CC4)[nH]3)nc21)C1C=CC=CC1. The lowest BCUT2D eigenvalue weighted by Gasteiger charge is -2.31. The summed E-state index contributed by atoms with van der Waals surface area (Å²) in [7, 11) is 4.03. The summed E-state index contributed by atoms with van der Waals surface area (Å²) in [5, 5.41) is 6.77. The zero-order valence-electron chi connectivity index (χ0n) is 21.6. The van der Waals surface area contributed by atoms with Gasteiger partial charge in [-0.1, -0.05) is 31.2 Å². The number of aromatic nitrogens is 4. The number of fused-ring (bicyclic) bond motifs is 1. The summed E-state index contributed by atoms with van der Waals surface area (Å²) in [5.74, 6) is 1.87. The summed E-state index contributed by atoms with van der Waals surface area (Å²) >= 11 is 0. The summed E-state index contributed by atoms with van der Waals surface area (Å²) in [6.07, 6.45) is 14.2. The van der Waals surface area contributed by atoms with Crippen molar-refractivity contribution in [3.8, 4) is 0 Å². The smallest absolute Gasteiger partial charge is 0.229 e. The van der Waals surface area contributed by atoms with E-state index in [4.69, 9.17) is 10.7 Å². The Morgan fingerprint density at radius 2 is 2.11 bits per heavy atom. The van der Waals surface area contributed by atoms with Gasteiger partial charge in [-0.2, -0.15) is 0 Å². The van der Waals surface area contributed by atoms with Crippen molar-refractivity contribution < 1.29 is 4.68 Å². The highest BCUT2D eigenvalue weighted by Gasteiger charge is 2.30. The molecule has 9 heteroatoms. The molecule has 0 bridgehead atoms. The van der Waals surface area contributed by atoms with E-state index in [1.165, 1.54) is 0 Å². The van der Waals surface area contributed by atoms with Gasteiger partial charge in [0.15, 0.2) is 18.6 Å². The minimum absolute atomic E-state index is 0.198. The van der Waals surface area contributed by atoms with Crippen LogP contribution in [0.3, 0.4) is 0 Å². The maximum absolute atomic E-state index is 6.64. The van der Waals surface area contributed by atoms with Gasteiger partial charge in [-0.15, -0.1) is 9.78 Å².